The van der Waals surface area contributed by atoms with Gasteiger partial charge in [0.05, 0.1) is 12.3 Å². The second-order valence-corrected chi connectivity index (χ2v) is 8.95. The molecule has 0 aliphatic carbocycles. The van der Waals surface area contributed by atoms with Gasteiger partial charge in [-0.3, -0.25) is 9.59 Å². The Hall–Kier alpha value is -1.32. The maximum absolute atomic E-state index is 12.5. The van der Waals surface area contributed by atoms with Gasteiger partial charge in [-0.2, -0.15) is 0 Å². The predicted octanol–water partition coefficient (Wildman–Crippen LogP) is 0.229. The minimum absolute atomic E-state index is 0.0550. The fourth-order valence-corrected chi connectivity index (χ4v) is 2.98. The number of nitrogens with one attached hydrogen (secondary N) is 2. The first-order valence-electron chi connectivity index (χ1n) is 8.83. The minimum Gasteiger partial charge on any atom is -0.617 e. The number of hydrogen-bond donors (Lipinski definition) is 4. The van der Waals surface area contributed by atoms with Crippen LogP contribution in [0.2, 0.25) is 0 Å². The largest absolute Gasteiger partial charge is 0.617 e. The number of aliphatic carboxylic acids is 1. The molecule has 0 aliphatic heterocycles. The Morgan fingerprint density at radius 1 is 1.00 bits per heavy atom. The van der Waals surface area contributed by atoms with E-state index in [2.05, 4.69) is 10.6 Å². The number of hydrogen-bond acceptors (Lipinski definition) is 5. The maximum atomic E-state index is 12.5. The van der Waals surface area contributed by atoms with Crippen LogP contribution < -0.4 is 16.4 Å². The lowest BCUT2D eigenvalue weighted by Crippen LogP contribution is -2.55. The molecule has 0 aliphatic rings. The molecule has 0 saturated carbocycles. The van der Waals surface area contributed by atoms with Crippen molar-refractivity contribution in [1.82, 2.24) is 10.6 Å². The molecule has 0 bridgehead atoms. The van der Waals surface area contributed by atoms with Crippen molar-refractivity contribution >= 4 is 29.0 Å². The topological polar surface area (TPSA) is 145 Å². The third-order valence-corrected chi connectivity index (χ3v) is 4.52. The number of carboxylic acids is 1. The summed E-state index contributed by atoms with van der Waals surface area (Å²) in [6, 6.07) is -2.74. The fraction of sp³-hybridized carbons (Fsp3) is 0.824. The molecule has 0 aromatic carbocycles. The van der Waals surface area contributed by atoms with E-state index >= 15 is 0 Å². The van der Waals surface area contributed by atoms with Gasteiger partial charge in [-0.05, 0) is 24.7 Å². The van der Waals surface area contributed by atoms with Crippen LogP contribution >= 0.6 is 0 Å². The number of rotatable bonds is 12. The quantitative estimate of drug-likeness (QED) is 0.350. The van der Waals surface area contributed by atoms with Crippen molar-refractivity contribution in [3.63, 3.8) is 0 Å². The van der Waals surface area contributed by atoms with Crippen molar-refractivity contribution in [1.29, 1.82) is 0 Å². The molecule has 26 heavy (non-hydrogen) atoms. The van der Waals surface area contributed by atoms with E-state index in [1.807, 2.05) is 27.7 Å². The number of nitrogens with two attached hydrogens (primary N) is 1. The zero-order valence-electron chi connectivity index (χ0n) is 16.3. The van der Waals surface area contributed by atoms with Crippen molar-refractivity contribution in [3.05, 3.63) is 0 Å². The molecular weight excluding hydrogens is 358 g/mol. The standard InChI is InChI=1S/C17H33N3O5S/c1-10(2)8-12(18)15(21)20-14(9-11(3)4)16(22)19-13(17(23)24)6-7-26(5)25/h10-14H,6-9,18H2,1-5H3,(H,19,22)(H,20,21)(H,23,24)/t12-,13+,14+,26?/m1/s1. The lowest BCUT2D eigenvalue weighted by Gasteiger charge is -2.24. The Morgan fingerprint density at radius 3 is 1.92 bits per heavy atom. The molecule has 5 N–H and O–H groups in total. The third kappa shape index (κ3) is 10.6. The molecule has 9 heteroatoms. The molecule has 0 saturated heterocycles. The summed E-state index contributed by atoms with van der Waals surface area (Å²) in [6.45, 7) is 7.69. The molecular formula is C17H33N3O5S. The summed E-state index contributed by atoms with van der Waals surface area (Å²) in [5.41, 5.74) is 5.86. The molecule has 152 valence electrons. The van der Waals surface area contributed by atoms with Crippen LogP contribution in [0.25, 0.3) is 0 Å². The van der Waals surface area contributed by atoms with Crippen LogP contribution in [0.5, 0.6) is 0 Å². The molecule has 0 aromatic heterocycles. The maximum Gasteiger partial charge on any atom is 0.326 e. The van der Waals surface area contributed by atoms with Crippen LogP contribution in [0, 0.1) is 11.8 Å². The fourth-order valence-electron chi connectivity index (χ4n) is 2.41. The summed E-state index contributed by atoms with van der Waals surface area (Å²) >= 11 is -1.16. The van der Waals surface area contributed by atoms with E-state index in [1.54, 1.807) is 0 Å². The molecule has 0 radical (unpaired) electrons. The Labute approximate surface area is 158 Å². The lowest BCUT2D eigenvalue weighted by atomic mass is 10.0. The van der Waals surface area contributed by atoms with Crippen LogP contribution in [0.3, 0.4) is 0 Å². The molecule has 0 heterocycles. The molecule has 4 atom stereocenters. The number of amides is 2. The highest BCUT2D eigenvalue weighted by molar-refractivity contribution is 7.90. The van der Waals surface area contributed by atoms with E-state index in [1.165, 1.54) is 6.26 Å². The number of carbonyl (C=O) groups excluding carboxylic acids is 2. The van der Waals surface area contributed by atoms with Gasteiger partial charge in [0.25, 0.3) is 0 Å². The second-order valence-electron chi connectivity index (χ2n) is 7.39. The Kier molecular flexibility index (Phi) is 11.5. The van der Waals surface area contributed by atoms with E-state index in [-0.39, 0.29) is 24.0 Å². The van der Waals surface area contributed by atoms with E-state index in [4.69, 9.17) is 5.73 Å². The molecule has 8 nitrogen and oxygen atoms in total. The summed E-state index contributed by atoms with van der Waals surface area (Å²) in [5, 5.41) is 14.3. The summed E-state index contributed by atoms with van der Waals surface area (Å²) in [7, 11) is 0. The molecule has 0 aromatic rings. The molecule has 0 rings (SSSR count). The van der Waals surface area contributed by atoms with Gasteiger partial charge >= 0.3 is 5.97 Å². The molecule has 2 amide bonds. The van der Waals surface area contributed by atoms with Gasteiger partial charge in [0.1, 0.15) is 17.8 Å². The Bertz CT molecular complexity index is 471. The summed E-state index contributed by atoms with van der Waals surface area (Å²) < 4.78 is 11.2. The highest BCUT2D eigenvalue weighted by atomic mass is 32.2. The Balaban J connectivity index is 5.00. The normalized spacial score (nSPS) is 16.0. The smallest absolute Gasteiger partial charge is 0.326 e. The van der Waals surface area contributed by atoms with Gasteiger partial charge in [0, 0.05) is 6.42 Å². The van der Waals surface area contributed by atoms with Gasteiger partial charge in [0.2, 0.25) is 11.8 Å². The predicted molar refractivity (Wildman–Crippen MR) is 102 cm³/mol. The first-order valence-corrected chi connectivity index (χ1v) is 10.6. The highest BCUT2D eigenvalue weighted by Crippen LogP contribution is 2.08. The minimum atomic E-state index is -1.20. The second kappa shape index (κ2) is 12.1. The van der Waals surface area contributed by atoms with Crippen LogP contribution in [-0.4, -0.2) is 57.6 Å². The van der Waals surface area contributed by atoms with Crippen molar-refractivity contribution in [2.45, 2.75) is 65.1 Å². The molecule has 0 spiro atoms. The highest BCUT2D eigenvalue weighted by Gasteiger charge is 2.29. The van der Waals surface area contributed by atoms with Crippen LogP contribution in [-0.2, 0) is 25.6 Å². The van der Waals surface area contributed by atoms with Crippen molar-refractivity contribution in [3.8, 4) is 0 Å². The van der Waals surface area contributed by atoms with E-state index < -0.39 is 47.1 Å². The number of carboxylic acid groups (broad SMARTS) is 1. The Morgan fingerprint density at radius 2 is 1.50 bits per heavy atom. The number of carbonyl (C=O) groups is 3. The van der Waals surface area contributed by atoms with Crippen molar-refractivity contribution in [2.75, 3.05) is 12.0 Å². The van der Waals surface area contributed by atoms with Gasteiger partial charge in [-0.1, -0.05) is 38.9 Å². The van der Waals surface area contributed by atoms with E-state index in [0.29, 0.717) is 12.8 Å². The lowest BCUT2D eigenvalue weighted by molar-refractivity contribution is -0.142. The first-order chi connectivity index (χ1) is 11.9. The SMILES string of the molecule is CC(C)C[C@@H](N)C(=O)N[C@@H](CC(C)C)C(=O)N[C@@H](CC[S+](C)[O-])C(=O)O. The summed E-state index contributed by atoms with van der Waals surface area (Å²) in [6.07, 6.45) is 2.37. The average Bonchev–Trinajstić information content (AvgIpc) is 2.48. The zero-order valence-corrected chi connectivity index (χ0v) is 17.1. The van der Waals surface area contributed by atoms with Gasteiger partial charge < -0.3 is 26.0 Å². The molecule has 0 fully saturated rings. The van der Waals surface area contributed by atoms with Crippen molar-refractivity contribution in [2.24, 2.45) is 17.6 Å². The van der Waals surface area contributed by atoms with Gasteiger partial charge in [-0.15, -0.1) is 0 Å². The van der Waals surface area contributed by atoms with E-state index in [0.717, 1.165) is 0 Å². The first kappa shape index (κ1) is 24.7. The third-order valence-electron chi connectivity index (χ3n) is 3.71. The average molecular weight is 392 g/mol. The summed E-state index contributed by atoms with van der Waals surface area (Å²) in [5.74, 6) is -1.69. The van der Waals surface area contributed by atoms with Crippen LogP contribution in [0.4, 0.5) is 0 Å². The monoisotopic (exact) mass is 391 g/mol. The summed E-state index contributed by atoms with van der Waals surface area (Å²) in [4.78, 5) is 36.1. The van der Waals surface area contributed by atoms with Crippen molar-refractivity contribution < 1.29 is 24.0 Å². The van der Waals surface area contributed by atoms with Crippen LogP contribution in [0.1, 0.15) is 47.0 Å². The zero-order chi connectivity index (χ0) is 20.4. The van der Waals surface area contributed by atoms with Gasteiger partial charge in [0.15, 0.2) is 0 Å². The molecule has 1 unspecified atom stereocenters. The van der Waals surface area contributed by atoms with Crippen LogP contribution in [0.15, 0.2) is 0 Å². The van der Waals surface area contributed by atoms with Gasteiger partial charge in [-0.25, -0.2) is 4.79 Å². The van der Waals surface area contributed by atoms with E-state index in [9.17, 15) is 24.0 Å².